The van der Waals surface area contributed by atoms with Gasteiger partial charge in [-0.05, 0) is 15.9 Å². The molecule has 74 valence electrons. The molecular weight excluding hydrogens is 256 g/mol. The van der Waals surface area contributed by atoms with Gasteiger partial charge in [0.1, 0.15) is 5.69 Å². The van der Waals surface area contributed by atoms with Crippen LogP contribution in [0.1, 0.15) is 17.7 Å². The Balaban J connectivity index is 3.31. The fourth-order valence-electron chi connectivity index (χ4n) is 1.01. The molecule has 6 heteroatoms. The SMILES string of the molecule is N#CCc1c(C(F)F)ncc(Br)c1N. The first-order valence-corrected chi connectivity index (χ1v) is 4.45. The molecule has 0 atom stereocenters. The summed E-state index contributed by atoms with van der Waals surface area (Å²) in [5, 5.41) is 8.45. The summed E-state index contributed by atoms with van der Waals surface area (Å²) < 4.78 is 25.3. The van der Waals surface area contributed by atoms with Gasteiger partial charge < -0.3 is 5.73 Å². The van der Waals surface area contributed by atoms with E-state index in [0.29, 0.717) is 4.47 Å². The second-order valence-electron chi connectivity index (χ2n) is 2.52. The molecule has 2 N–H and O–H groups in total. The number of alkyl halides is 2. The van der Waals surface area contributed by atoms with E-state index in [4.69, 9.17) is 11.0 Å². The van der Waals surface area contributed by atoms with Crippen molar-refractivity contribution in [1.82, 2.24) is 4.98 Å². The predicted octanol–water partition coefficient (Wildman–Crippen LogP) is 2.43. The third kappa shape index (κ3) is 1.99. The van der Waals surface area contributed by atoms with Crippen LogP contribution in [0.25, 0.3) is 0 Å². The first-order chi connectivity index (χ1) is 6.57. The molecule has 1 heterocycles. The van der Waals surface area contributed by atoms with E-state index < -0.39 is 12.1 Å². The predicted molar refractivity (Wildman–Crippen MR) is 50.6 cm³/mol. The highest BCUT2D eigenvalue weighted by molar-refractivity contribution is 9.10. The maximum absolute atomic E-state index is 12.4. The second-order valence-corrected chi connectivity index (χ2v) is 3.37. The summed E-state index contributed by atoms with van der Waals surface area (Å²) in [5.74, 6) is 0. The Morgan fingerprint density at radius 2 is 2.29 bits per heavy atom. The fourth-order valence-corrected chi connectivity index (χ4v) is 1.35. The quantitative estimate of drug-likeness (QED) is 0.890. The second kappa shape index (κ2) is 4.33. The molecule has 0 fully saturated rings. The maximum atomic E-state index is 12.4. The van der Waals surface area contributed by atoms with Crippen molar-refractivity contribution in [2.24, 2.45) is 0 Å². The van der Waals surface area contributed by atoms with Crippen LogP contribution in [-0.4, -0.2) is 4.98 Å². The molecule has 0 aliphatic rings. The van der Waals surface area contributed by atoms with Crippen molar-refractivity contribution in [3.8, 4) is 6.07 Å². The van der Waals surface area contributed by atoms with E-state index in [2.05, 4.69) is 20.9 Å². The molecule has 0 radical (unpaired) electrons. The highest BCUT2D eigenvalue weighted by Crippen LogP contribution is 2.30. The van der Waals surface area contributed by atoms with E-state index in [0.717, 1.165) is 0 Å². The van der Waals surface area contributed by atoms with Crippen LogP contribution < -0.4 is 5.73 Å². The lowest BCUT2D eigenvalue weighted by molar-refractivity contribution is 0.145. The number of halogens is 3. The zero-order valence-corrected chi connectivity index (χ0v) is 8.55. The van der Waals surface area contributed by atoms with Crippen LogP contribution >= 0.6 is 15.9 Å². The average molecular weight is 262 g/mol. The monoisotopic (exact) mass is 261 g/mol. The van der Waals surface area contributed by atoms with Gasteiger partial charge in [-0.15, -0.1) is 0 Å². The van der Waals surface area contributed by atoms with E-state index >= 15 is 0 Å². The lowest BCUT2D eigenvalue weighted by Gasteiger charge is -2.09. The van der Waals surface area contributed by atoms with Crippen LogP contribution in [0.3, 0.4) is 0 Å². The van der Waals surface area contributed by atoms with Crippen LogP contribution in [0.2, 0.25) is 0 Å². The number of anilines is 1. The molecule has 1 rings (SSSR count). The molecule has 1 aromatic rings. The van der Waals surface area contributed by atoms with Gasteiger partial charge in [-0.3, -0.25) is 4.98 Å². The molecule has 0 aliphatic heterocycles. The number of pyridine rings is 1. The molecule has 3 nitrogen and oxygen atoms in total. The zero-order valence-electron chi connectivity index (χ0n) is 6.97. The van der Waals surface area contributed by atoms with Gasteiger partial charge in [-0.25, -0.2) is 8.78 Å². The average Bonchev–Trinajstić information content (AvgIpc) is 2.13. The molecule has 0 bridgehead atoms. The van der Waals surface area contributed by atoms with Crippen LogP contribution in [-0.2, 0) is 6.42 Å². The van der Waals surface area contributed by atoms with E-state index in [1.165, 1.54) is 6.20 Å². The number of nitrogens with zero attached hydrogens (tertiary/aromatic N) is 2. The lowest BCUT2D eigenvalue weighted by atomic mass is 10.1. The highest BCUT2D eigenvalue weighted by Gasteiger charge is 2.18. The largest absolute Gasteiger partial charge is 0.397 e. The molecule has 1 aromatic heterocycles. The van der Waals surface area contributed by atoms with Gasteiger partial charge in [-0.2, -0.15) is 5.26 Å². The lowest BCUT2D eigenvalue weighted by Crippen LogP contribution is -2.03. The van der Waals surface area contributed by atoms with Gasteiger partial charge in [0.2, 0.25) is 0 Å². The number of nitrogen functional groups attached to an aromatic ring is 1. The van der Waals surface area contributed by atoms with Crippen molar-refractivity contribution in [3.05, 3.63) is 21.9 Å². The third-order valence-electron chi connectivity index (χ3n) is 1.67. The molecule has 0 unspecified atom stereocenters. The molecular formula is C8H6BrF2N3. The zero-order chi connectivity index (χ0) is 10.7. The number of nitriles is 1. The Morgan fingerprint density at radius 1 is 1.64 bits per heavy atom. The normalized spacial score (nSPS) is 10.2. The Hall–Kier alpha value is -1.22. The summed E-state index contributed by atoms with van der Waals surface area (Å²) in [5.41, 5.74) is 5.36. The number of hydrogen-bond acceptors (Lipinski definition) is 3. The van der Waals surface area contributed by atoms with E-state index in [1.807, 2.05) is 0 Å². The van der Waals surface area contributed by atoms with Gasteiger partial charge >= 0.3 is 0 Å². The minimum atomic E-state index is -2.71. The Morgan fingerprint density at radius 3 is 2.79 bits per heavy atom. The summed E-state index contributed by atoms with van der Waals surface area (Å²) in [4.78, 5) is 3.53. The Kier molecular flexibility index (Phi) is 3.36. The fraction of sp³-hybridized carbons (Fsp3) is 0.250. The van der Waals surface area contributed by atoms with Gasteiger partial charge in [0.05, 0.1) is 22.7 Å². The summed E-state index contributed by atoms with van der Waals surface area (Å²) in [6.07, 6.45) is -1.68. The first-order valence-electron chi connectivity index (χ1n) is 3.65. The molecule has 0 saturated carbocycles. The van der Waals surface area contributed by atoms with E-state index in [1.54, 1.807) is 6.07 Å². The summed E-state index contributed by atoms with van der Waals surface area (Å²) >= 11 is 3.06. The van der Waals surface area contributed by atoms with Crippen molar-refractivity contribution in [2.75, 3.05) is 5.73 Å². The summed E-state index contributed by atoms with van der Waals surface area (Å²) in [7, 11) is 0. The minimum absolute atomic E-state index is 0.0943. The maximum Gasteiger partial charge on any atom is 0.280 e. The topological polar surface area (TPSA) is 62.7 Å². The number of nitrogens with two attached hydrogens (primary N) is 1. The van der Waals surface area contributed by atoms with Crippen LogP contribution in [0.5, 0.6) is 0 Å². The van der Waals surface area contributed by atoms with Crippen LogP contribution in [0.4, 0.5) is 14.5 Å². The molecule has 0 aromatic carbocycles. The first kappa shape index (κ1) is 10.9. The van der Waals surface area contributed by atoms with Gasteiger partial charge in [0.15, 0.2) is 0 Å². The standard InChI is InChI=1S/C8H6BrF2N3/c9-5-3-14-7(8(10)11)4(1-2-12)6(5)13/h3,8H,1H2,(H2,13,14). The minimum Gasteiger partial charge on any atom is -0.397 e. The van der Waals surface area contributed by atoms with Crippen molar-refractivity contribution in [1.29, 1.82) is 5.26 Å². The Labute approximate surface area is 87.7 Å². The van der Waals surface area contributed by atoms with Crippen LogP contribution in [0, 0.1) is 11.3 Å². The van der Waals surface area contributed by atoms with Gasteiger partial charge in [-0.1, -0.05) is 0 Å². The van der Waals surface area contributed by atoms with E-state index in [9.17, 15) is 8.78 Å². The van der Waals surface area contributed by atoms with E-state index in [-0.39, 0.29) is 17.7 Å². The summed E-state index contributed by atoms with van der Waals surface area (Å²) in [6.45, 7) is 0. The highest BCUT2D eigenvalue weighted by atomic mass is 79.9. The van der Waals surface area contributed by atoms with Crippen molar-refractivity contribution < 1.29 is 8.78 Å². The molecule has 14 heavy (non-hydrogen) atoms. The third-order valence-corrected chi connectivity index (χ3v) is 2.30. The van der Waals surface area contributed by atoms with Gasteiger partial charge in [0.25, 0.3) is 6.43 Å². The van der Waals surface area contributed by atoms with Crippen molar-refractivity contribution >= 4 is 21.6 Å². The molecule has 0 spiro atoms. The number of hydrogen-bond donors (Lipinski definition) is 1. The van der Waals surface area contributed by atoms with Crippen molar-refractivity contribution in [2.45, 2.75) is 12.8 Å². The van der Waals surface area contributed by atoms with Crippen LogP contribution in [0.15, 0.2) is 10.7 Å². The van der Waals surface area contributed by atoms with Gasteiger partial charge in [0, 0.05) is 11.8 Å². The summed E-state index contributed by atoms with van der Waals surface area (Å²) in [6, 6.07) is 1.77. The van der Waals surface area contributed by atoms with Crippen molar-refractivity contribution in [3.63, 3.8) is 0 Å². The molecule has 0 aliphatic carbocycles. The molecule has 0 amide bonds. The Bertz CT molecular complexity index is 387. The smallest absolute Gasteiger partial charge is 0.280 e. The molecule has 0 saturated heterocycles. The number of rotatable bonds is 2. The number of aromatic nitrogens is 1.